The van der Waals surface area contributed by atoms with Crippen LogP contribution in [0.4, 0.5) is 20.6 Å². The highest BCUT2D eigenvalue weighted by Gasteiger charge is 2.32. The molecule has 30 heavy (non-hydrogen) atoms. The minimum Gasteiger partial charge on any atom is -0.442 e. The summed E-state index contributed by atoms with van der Waals surface area (Å²) in [7, 11) is 0. The summed E-state index contributed by atoms with van der Waals surface area (Å²) in [6.07, 6.45) is -0.219. The molecule has 1 aliphatic rings. The van der Waals surface area contributed by atoms with E-state index in [1.54, 1.807) is 24.3 Å². The second-order valence-electron chi connectivity index (χ2n) is 7.04. The van der Waals surface area contributed by atoms with Crippen LogP contribution in [0.1, 0.15) is 20.3 Å². The quantitative estimate of drug-likeness (QED) is 0.728. The smallest absolute Gasteiger partial charge is 0.414 e. The average molecular weight is 413 g/mol. The van der Waals surface area contributed by atoms with E-state index in [2.05, 4.69) is 10.6 Å². The van der Waals surface area contributed by atoms with Gasteiger partial charge in [0.1, 0.15) is 11.9 Å². The molecule has 0 spiro atoms. The lowest BCUT2D eigenvalue weighted by Crippen LogP contribution is -2.33. The van der Waals surface area contributed by atoms with Gasteiger partial charge >= 0.3 is 6.09 Å². The summed E-state index contributed by atoms with van der Waals surface area (Å²) >= 11 is 0. The summed E-state index contributed by atoms with van der Waals surface area (Å²) in [6.45, 7) is 4.48. The van der Waals surface area contributed by atoms with Crippen LogP contribution < -0.4 is 21.0 Å². The lowest BCUT2D eigenvalue weighted by molar-refractivity contribution is -0.119. The van der Waals surface area contributed by atoms with Crippen LogP contribution in [0.2, 0.25) is 0 Å². The molecule has 1 aliphatic heterocycles. The van der Waals surface area contributed by atoms with Gasteiger partial charge < -0.3 is 15.4 Å². The van der Waals surface area contributed by atoms with Crippen molar-refractivity contribution < 1.29 is 18.7 Å². The molecule has 0 aromatic heterocycles. The number of carbonyl (C=O) groups is 2. The Hall–Kier alpha value is -3.42. The fraction of sp³-hybridized carbons (Fsp3) is 0.318. The molecule has 0 saturated carbocycles. The first-order valence-electron chi connectivity index (χ1n) is 9.79. The minimum absolute atomic E-state index is 0.178. The number of rotatable bonds is 7. The van der Waals surface area contributed by atoms with Crippen molar-refractivity contribution in [3.63, 3.8) is 0 Å². The van der Waals surface area contributed by atoms with Crippen molar-refractivity contribution in [3.05, 3.63) is 58.5 Å². The van der Waals surface area contributed by atoms with Crippen LogP contribution in [0.15, 0.2) is 47.3 Å². The number of amides is 2. The molecule has 1 unspecified atom stereocenters. The van der Waals surface area contributed by atoms with Crippen LogP contribution in [0.3, 0.4) is 0 Å². The molecular formula is C22H24FN3O4. The highest BCUT2D eigenvalue weighted by molar-refractivity contribution is 5.90. The Morgan fingerprint density at radius 3 is 2.60 bits per heavy atom. The molecule has 1 fully saturated rings. The van der Waals surface area contributed by atoms with Crippen LogP contribution >= 0.6 is 0 Å². The molecule has 1 atom stereocenters. The number of anilines is 2. The van der Waals surface area contributed by atoms with Gasteiger partial charge in [0.25, 0.3) is 0 Å². The van der Waals surface area contributed by atoms with Crippen molar-refractivity contribution >= 4 is 23.4 Å². The number of hydrogen-bond donors (Lipinski definition) is 2. The Kier molecular flexibility index (Phi) is 6.66. The van der Waals surface area contributed by atoms with Gasteiger partial charge in [0.15, 0.2) is 5.43 Å². The third-order valence-corrected chi connectivity index (χ3v) is 4.69. The summed E-state index contributed by atoms with van der Waals surface area (Å²) in [6, 6.07) is 10.5. The van der Waals surface area contributed by atoms with E-state index < -0.39 is 18.0 Å². The minimum atomic E-state index is -0.593. The molecular weight excluding hydrogens is 389 g/mol. The lowest BCUT2D eigenvalue weighted by Gasteiger charge is -2.15. The molecule has 0 bridgehead atoms. The SMILES string of the molecule is CCCNc1ccc(=O)ccc1-c1ccc(N2CC(CNC(C)=O)OC2=O)cc1F. The van der Waals surface area contributed by atoms with Crippen molar-refractivity contribution in [2.75, 3.05) is 29.9 Å². The Balaban J connectivity index is 1.88. The monoisotopic (exact) mass is 413 g/mol. The van der Waals surface area contributed by atoms with Crippen molar-refractivity contribution in [1.82, 2.24) is 5.32 Å². The van der Waals surface area contributed by atoms with Crippen molar-refractivity contribution in [2.45, 2.75) is 26.4 Å². The van der Waals surface area contributed by atoms with Crippen LogP contribution in [-0.2, 0) is 9.53 Å². The number of cyclic esters (lactones) is 1. The number of nitrogens with one attached hydrogen (secondary N) is 2. The molecule has 0 aliphatic carbocycles. The van der Waals surface area contributed by atoms with Gasteiger partial charge in [-0.3, -0.25) is 14.5 Å². The van der Waals surface area contributed by atoms with Crippen LogP contribution in [0.5, 0.6) is 0 Å². The average Bonchev–Trinajstić information content (AvgIpc) is 2.98. The fourth-order valence-electron chi connectivity index (χ4n) is 3.20. The van der Waals surface area contributed by atoms with E-state index in [1.165, 1.54) is 30.0 Å². The standard InChI is InChI=1S/C22H24FN3O4/c1-3-10-24-21-9-6-16(28)5-8-19(21)18-7-4-15(11-20(18)23)26-13-17(30-22(26)29)12-25-14(2)27/h4-9,11,17,24H,3,10,12-13H2,1-2H3,(H,25,27). The Labute approximate surface area is 173 Å². The third kappa shape index (κ3) is 4.94. The largest absolute Gasteiger partial charge is 0.442 e. The van der Waals surface area contributed by atoms with Crippen LogP contribution in [0.25, 0.3) is 11.1 Å². The molecule has 2 N–H and O–H groups in total. The molecule has 0 radical (unpaired) electrons. The summed E-state index contributed by atoms with van der Waals surface area (Å²) in [5.41, 5.74) is 1.71. The maximum atomic E-state index is 15.1. The summed E-state index contributed by atoms with van der Waals surface area (Å²) in [5, 5.41) is 5.82. The number of halogens is 1. The predicted octanol–water partition coefficient (Wildman–Crippen LogP) is 3.14. The maximum absolute atomic E-state index is 15.1. The first-order chi connectivity index (χ1) is 14.4. The topological polar surface area (TPSA) is 87.7 Å². The highest BCUT2D eigenvalue weighted by atomic mass is 19.1. The molecule has 1 saturated heterocycles. The van der Waals surface area contributed by atoms with E-state index in [9.17, 15) is 14.4 Å². The normalized spacial score (nSPS) is 15.6. The molecule has 2 aromatic carbocycles. The van der Waals surface area contributed by atoms with E-state index >= 15 is 4.39 Å². The van der Waals surface area contributed by atoms with E-state index in [1.807, 2.05) is 6.92 Å². The second kappa shape index (κ2) is 9.39. The van der Waals surface area contributed by atoms with E-state index in [4.69, 9.17) is 4.74 Å². The second-order valence-corrected chi connectivity index (χ2v) is 7.04. The zero-order valence-corrected chi connectivity index (χ0v) is 16.9. The summed E-state index contributed by atoms with van der Waals surface area (Å²) < 4.78 is 20.3. The molecule has 158 valence electrons. The molecule has 2 amide bonds. The van der Waals surface area contributed by atoms with E-state index in [0.717, 1.165) is 6.42 Å². The molecule has 3 rings (SSSR count). The molecule has 8 heteroatoms. The molecule has 1 heterocycles. The number of benzene rings is 1. The molecule has 7 nitrogen and oxygen atoms in total. The third-order valence-electron chi connectivity index (χ3n) is 4.69. The van der Waals surface area contributed by atoms with Crippen LogP contribution in [-0.4, -0.2) is 37.7 Å². The maximum Gasteiger partial charge on any atom is 0.414 e. The van der Waals surface area contributed by atoms with Crippen molar-refractivity contribution in [3.8, 4) is 11.1 Å². The van der Waals surface area contributed by atoms with Gasteiger partial charge in [-0.1, -0.05) is 6.92 Å². The fourth-order valence-corrected chi connectivity index (χ4v) is 3.20. The van der Waals surface area contributed by atoms with Gasteiger partial charge in [-0.2, -0.15) is 0 Å². The Morgan fingerprint density at radius 2 is 1.90 bits per heavy atom. The lowest BCUT2D eigenvalue weighted by atomic mass is 10.0. The highest BCUT2D eigenvalue weighted by Crippen LogP contribution is 2.32. The van der Waals surface area contributed by atoms with Gasteiger partial charge in [0.05, 0.1) is 18.8 Å². The van der Waals surface area contributed by atoms with E-state index in [0.29, 0.717) is 29.0 Å². The van der Waals surface area contributed by atoms with Gasteiger partial charge in [-0.15, -0.1) is 0 Å². The number of ether oxygens (including phenoxy) is 1. The van der Waals surface area contributed by atoms with Crippen LogP contribution in [0, 0.1) is 5.82 Å². The predicted molar refractivity (Wildman–Crippen MR) is 113 cm³/mol. The van der Waals surface area contributed by atoms with Crippen molar-refractivity contribution in [1.29, 1.82) is 0 Å². The summed E-state index contributed by atoms with van der Waals surface area (Å²) in [4.78, 5) is 36.3. The Bertz CT molecular complexity index is 1010. The Morgan fingerprint density at radius 1 is 1.17 bits per heavy atom. The van der Waals surface area contributed by atoms with Gasteiger partial charge in [-0.05, 0) is 48.9 Å². The number of carbonyl (C=O) groups excluding carboxylic acids is 2. The van der Waals surface area contributed by atoms with Gasteiger partial charge in [-0.25, -0.2) is 9.18 Å². The number of nitrogens with zero attached hydrogens (tertiary/aromatic N) is 1. The summed E-state index contributed by atoms with van der Waals surface area (Å²) in [5.74, 6) is -0.742. The zero-order chi connectivity index (χ0) is 21.7. The molecule has 2 aromatic rings. The zero-order valence-electron chi connectivity index (χ0n) is 16.9. The first-order valence-corrected chi connectivity index (χ1v) is 9.79. The van der Waals surface area contributed by atoms with E-state index in [-0.39, 0.29) is 24.4 Å². The van der Waals surface area contributed by atoms with Gasteiger partial charge in [0, 0.05) is 30.3 Å². The van der Waals surface area contributed by atoms with Gasteiger partial charge in [0.2, 0.25) is 5.91 Å². The number of hydrogen-bond acceptors (Lipinski definition) is 5. The van der Waals surface area contributed by atoms with Crippen molar-refractivity contribution in [2.24, 2.45) is 0 Å². The first kappa shape index (κ1) is 21.3.